The molecule has 0 atom stereocenters. The van der Waals surface area contributed by atoms with Crippen LogP contribution in [-0.4, -0.2) is 24.0 Å². The Labute approximate surface area is 117 Å². The molecular formula is C14H20N2S2. The van der Waals surface area contributed by atoms with Crippen molar-refractivity contribution in [3.63, 3.8) is 0 Å². The van der Waals surface area contributed by atoms with Gasteiger partial charge in [0, 0.05) is 18.8 Å². The van der Waals surface area contributed by atoms with Crippen molar-refractivity contribution in [2.45, 2.75) is 32.1 Å². The number of thioether (sulfide) groups is 1. The van der Waals surface area contributed by atoms with Crippen LogP contribution in [-0.2, 0) is 6.42 Å². The van der Waals surface area contributed by atoms with Crippen molar-refractivity contribution in [2.75, 3.05) is 18.8 Å². The Bertz CT molecular complexity index is 405. The van der Waals surface area contributed by atoms with Gasteiger partial charge in [-0.3, -0.25) is 4.99 Å². The van der Waals surface area contributed by atoms with Gasteiger partial charge in [-0.05, 0) is 47.1 Å². The molecule has 98 valence electrons. The van der Waals surface area contributed by atoms with Crippen LogP contribution in [0, 0.1) is 5.41 Å². The van der Waals surface area contributed by atoms with E-state index in [0.29, 0.717) is 5.41 Å². The summed E-state index contributed by atoms with van der Waals surface area (Å²) in [5.41, 5.74) is 1.99. The maximum Gasteiger partial charge on any atom is 0.156 e. The Hall–Kier alpha value is -0.480. The Morgan fingerprint density at radius 1 is 1.33 bits per heavy atom. The molecule has 0 unspecified atom stereocenters. The SMILES string of the molecule is c1cc(CCNC2=NCC3(CCCC3)CS2)cs1. The first-order valence-corrected chi connectivity index (χ1v) is 8.71. The second kappa shape index (κ2) is 5.66. The van der Waals surface area contributed by atoms with Crippen molar-refractivity contribution in [3.8, 4) is 0 Å². The first-order chi connectivity index (χ1) is 8.86. The minimum absolute atomic E-state index is 0.559. The summed E-state index contributed by atoms with van der Waals surface area (Å²) in [6.07, 6.45) is 6.72. The van der Waals surface area contributed by atoms with E-state index in [4.69, 9.17) is 4.99 Å². The van der Waals surface area contributed by atoms with Crippen LogP contribution in [0.3, 0.4) is 0 Å². The molecule has 1 aliphatic heterocycles. The lowest BCUT2D eigenvalue weighted by Crippen LogP contribution is -2.34. The quantitative estimate of drug-likeness (QED) is 0.916. The Morgan fingerprint density at radius 3 is 2.89 bits per heavy atom. The summed E-state index contributed by atoms with van der Waals surface area (Å²) >= 11 is 3.71. The summed E-state index contributed by atoms with van der Waals surface area (Å²) in [4.78, 5) is 4.75. The number of hydrogen-bond donors (Lipinski definition) is 1. The van der Waals surface area contributed by atoms with Crippen LogP contribution in [0.1, 0.15) is 31.2 Å². The second-order valence-corrected chi connectivity index (χ2v) is 7.17. The lowest BCUT2D eigenvalue weighted by molar-refractivity contribution is 0.358. The van der Waals surface area contributed by atoms with E-state index in [1.54, 1.807) is 11.3 Å². The number of aliphatic imine (C=N–C) groups is 1. The van der Waals surface area contributed by atoms with Crippen LogP contribution in [0.25, 0.3) is 0 Å². The molecule has 0 radical (unpaired) electrons. The van der Waals surface area contributed by atoms with E-state index < -0.39 is 0 Å². The number of hydrogen-bond acceptors (Lipinski definition) is 4. The van der Waals surface area contributed by atoms with E-state index in [-0.39, 0.29) is 0 Å². The Balaban J connectivity index is 1.45. The fourth-order valence-corrected chi connectivity index (χ4v) is 4.72. The van der Waals surface area contributed by atoms with Gasteiger partial charge in [0.1, 0.15) is 0 Å². The average molecular weight is 280 g/mol. The second-order valence-electron chi connectivity index (χ2n) is 5.43. The minimum Gasteiger partial charge on any atom is -0.365 e. The topological polar surface area (TPSA) is 24.4 Å². The molecule has 2 aliphatic rings. The molecule has 0 aromatic carbocycles. The molecule has 1 aromatic heterocycles. The van der Waals surface area contributed by atoms with Crippen LogP contribution in [0.5, 0.6) is 0 Å². The van der Waals surface area contributed by atoms with Crippen molar-refractivity contribution >= 4 is 28.3 Å². The zero-order valence-electron chi connectivity index (χ0n) is 10.7. The summed E-state index contributed by atoms with van der Waals surface area (Å²) in [7, 11) is 0. The summed E-state index contributed by atoms with van der Waals surface area (Å²) in [5, 5.41) is 9.03. The molecule has 0 bridgehead atoms. The number of nitrogens with one attached hydrogen (secondary N) is 1. The minimum atomic E-state index is 0.559. The Kier molecular flexibility index (Phi) is 3.94. The summed E-state index contributed by atoms with van der Waals surface area (Å²) < 4.78 is 0. The van der Waals surface area contributed by atoms with E-state index >= 15 is 0 Å². The zero-order chi connectivity index (χ0) is 12.3. The number of rotatable bonds is 3. The van der Waals surface area contributed by atoms with Gasteiger partial charge in [-0.1, -0.05) is 24.6 Å². The summed E-state index contributed by atoms with van der Waals surface area (Å²) in [5.74, 6) is 1.28. The third-order valence-electron chi connectivity index (χ3n) is 4.01. The fourth-order valence-electron chi connectivity index (χ4n) is 2.84. The Morgan fingerprint density at radius 2 is 2.22 bits per heavy atom. The molecule has 4 heteroatoms. The average Bonchev–Trinajstić information content (AvgIpc) is 3.04. The number of thiophene rings is 1. The highest BCUT2D eigenvalue weighted by Crippen LogP contribution is 2.43. The molecule has 2 heterocycles. The number of nitrogens with zero attached hydrogens (tertiary/aromatic N) is 1. The van der Waals surface area contributed by atoms with Crippen molar-refractivity contribution in [2.24, 2.45) is 10.4 Å². The highest BCUT2D eigenvalue weighted by atomic mass is 32.2. The van der Waals surface area contributed by atoms with E-state index in [1.165, 1.54) is 42.2 Å². The molecule has 1 aliphatic carbocycles. The van der Waals surface area contributed by atoms with Gasteiger partial charge in [0.15, 0.2) is 5.17 Å². The van der Waals surface area contributed by atoms with Crippen LogP contribution in [0.2, 0.25) is 0 Å². The van der Waals surface area contributed by atoms with E-state index in [2.05, 4.69) is 22.1 Å². The van der Waals surface area contributed by atoms with E-state index in [0.717, 1.165) is 19.5 Å². The van der Waals surface area contributed by atoms with E-state index in [1.807, 2.05) is 11.8 Å². The van der Waals surface area contributed by atoms with Crippen LogP contribution >= 0.6 is 23.1 Å². The van der Waals surface area contributed by atoms with E-state index in [9.17, 15) is 0 Å². The van der Waals surface area contributed by atoms with Gasteiger partial charge < -0.3 is 5.32 Å². The maximum absolute atomic E-state index is 4.75. The molecule has 0 amide bonds. The van der Waals surface area contributed by atoms with Gasteiger partial charge in [0.2, 0.25) is 0 Å². The predicted octanol–water partition coefficient (Wildman–Crippen LogP) is 3.54. The van der Waals surface area contributed by atoms with Crippen molar-refractivity contribution in [1.82, 2.24) is 5.32 Å². The highest BCUT2D eigenvalue weighted by molar-refractivity contribution is 8.13. The van der Waals surface area contributed by atoms with Crippen molar-refractivity contribution < 1.29 is 0 Å². The van der Waals surface area contributed by atoms with Gasteiger partial charge in [-0.15, -0.1) is 0 Å². The lowest BCUT2D eigenvalue weighted by atomic mass is 9.89. The van der Waals surface area contributed by atoms with Crippen LogP contribution in [0.4, 0.5) is 0 Å². The molecule has 1 aromatic rings. The van der Waals surface area contributed by atoms with Gasteiger partial charge in [-0.25, -0.2) is 0 Å². The molecule has 1 spiro atoms. The first kappa shape index (κ1) is 12.5. The maximum atomic E-state index is 4.75. The third-order valence-corrected chi connectivity index (χ3v) is 6.04. The monoisotopic (exact) mass is 280 g/mol. The van der Waals surface area contributed by atoms with Crippen molar-refractivity contribution in [3.05, 3.63) is 22.4 Å². The smallest absolute Gasteiger partial charge is 0.156 e. The molecular weight excluding hydrogens is 260 g/mol. The third kappa shape index (κ3) is 2.91. The lowest BCUT2D eigenvalue weighted by Gasteiger charge is -2.31. The molecule has 0 saturated heterocycles. The normalized spacial score (nSPS) is 22.1. The molecule has 1 fully saturated rings. The molecule has 1 saturated carbocycles. The highest BCUT2D eigenvalue weighted by Gasteiger charge is 2.36. The first-order valence-electron chi connectivity index (χ1n) is 6.79. The molecule has 2 nitrogen and oxygen atoms in total. The standard InChI is InChI=1S/C14H20N2S2/c1-2-6-14(5-1)10-16-13(18-11-14)15-7-3-12-4-8-17-9-12/h4,8-9H,1-3,5-7,10-11H2,(H,15,16). The van der Waals surface area contributed by atoms with Crippen LogP contribution in [0.15, 0.2) is 21.8 Å². The van der Waals surface area contributed by atoms with Gasteiger partial charge >= 0.3 is 0 Å². The summed E-state index contributed by atoms with van der Waals surface area (Å²) in [6.45, 7) is 2.07. The zero-order valence-corrected chi connectivity index (χ0v) is 12.3. The predicted molar refractivity (Wildman–Crippen MR) is 81.7 cm³/mol. The molecule has 3 rings (SSSR count). The van der Waals surface area contributed by atoms with Gasteiger partial charge in [0.05, 0.1) is 0 Å². The fraction of sp³-hybridized carbons (Fsp3) is 0.643. The van der Waals surface area contributed by atoms with Crippen molar-refractivity contribution in [1.29, 1.82) is 0 Å². The van der Waals surface area contributed by atoms with Gasteiger partial charge in [0.25, 0.3) is 0 Å². The van der Waals surface area contributed by atoms with Gasteiger partial charge in [-0.2, -0.15) is 11.3 Å². The number of amidine groups is 1. The van der Waals surface area contributed by atoms with Crippen LogP contribution < -0.4 is 5.32 Å². The molecule has 1 N–H and O–H groups in total. The molecule has 18 heavy (non-hydrogen) atoms. The summed E-state index contributed by atoms with van der Waals surface area (Å²) in [6, 6.07) is 2.20. The largest absolute Gasteiger partial charge is 0.365 e.